The van der Waals surface area contributed by atoms with Crippen LogP contribution in [0.25, 0.3) is 5.57 Å². The highest BCUT2D eigenvalue weighted by Gasteiger charge is 2.43. The molecule has 6 rings (SSSR count). The Morgan fingerprint density at radius 2 is 2.06 bits per heavy atom. The quantitative estimate of drug-likeness (QED) is 0.684. The summed E-state index contributed by atoms with van der Waals surface area (Å²) < 4.78 is 12.9. The molecule has 4 heterocycles. The predicted octanol–water partition coefficient (Wildman–Crippen LogP) is 2.59. The Labute approximate surface area is 194 Å². The van der Waals surface area contributed by atoms with Crippen molar-refractivity contribution in [2.45, 2.75) is 55.0 Å². The molecule has 2 fully saturated rings. The fraction of sp³-hybridized carbons (Fsp3) is 0.545. The monoisotopic (exact) mass is 472 g/mol. The van der Waals surface area contributed by atoms with Crippen LogP contribution in [0.1, 0.15) is 43.6 Å². The third kappa shape index (κ3) is 3.33. The number of nitrogens with one attached hydrogen (secondary N) is 1. The summed E-state index contributed by atoms with van der Waals surface area (Å²) in [6.07, 6.45) is 11.0. The highest BCUT2D eigenvalue weighted by molar-refractivity contribution is 7.85. The molecule has 0 aromatic carbocycles. The number of rotatable bonds is 5. The van der Waals surface area contributed by atoms with Gasteiger partial charge in [-0.2, -0.15) is 4.98 Å². The summed E-state index contributed by atoms with van der Waals surface area (Å²) >= 11 is 5.94. The molecule has 3 atom stereocenters. The lowest BCUT2D eigenvalue weighted by molar-refractivity contribution is 0.143. The molecular weight excluding hydrogens is 448 g/mol. The second-order valence-electron chi connectivity index (χ2n) is 9.22. The van der Waals surface area contributed by atoms with E-state index in [4.69, 9.17) is 21.6 Å². The zero-order chi connectivity index (χ0) is 21.9. The lowest BCUT2D eigenvalue weighted by Crippen LogP contribution is -2.49. The Morgan fingerprint density at radius 1 is 1.25 bits per heavy atom. The SMILES string of the molecule is O=[S@]1CCCc2nc(N3CC4CC3C=C4c3ncc(Cl)cn3)nc(NC3(CO)CCC3)c21. The van der Waals surface area contributed by atoms with Gasteiger partial charge in [0.25, 0.3) is 0 Å². The van der Waals surface area contributed by atoms with Gasteiger partial charge in [-0.15, -0.1) is 0 Å². The zero-order valence-electron chi connectivity index (χ0n) is 17.6. The Morgan fingerprint density at radius 3 is 2.72 bits per heavy atom. The zero-order valence-corrected chi connectivity index (χ0v) is 19.2. The number of hydrogen-bond acceptors (Lipinski definition) is 8. The van der Waals surface area contributed by atoms with Gasteiger partial charge in [0, 0.05) is 30.6 Å². The maximum Gasteiger partial charge on any atom is 0.228 e. The fourth-order valence-electron chi connectivity index (χ4n) is 5.30. The van der Waals surface area contributed by atoms with E-state index >= 15 is 0 Å². The largest absolute Gasteiger partial charge is 0.394 e. The lowest BCUT2D eigenvalue weighted by atomic mass is 9.77. The molecule has 168 valence electrons. The van der Waals surface area contributed by atoms with Crippen molar-refractivity contribution in [2.75, 3.05) is 29.1 Å². The topological polar surface area (TPSA) is 104 Å². The van der Waals surface area contributed by atoms with Gasteiger partial charge in [-0.05, 0) is 44.1 Å². The number of anilines is 2. The maximum atomic E-state index is 12.9. The molecule has 2 aromatic heterocycles. The van der Waals surface area contributed by atoms with Crippen LogP contribution in [0, 0.1) is 5.92 Å². The molecule has 0 spiro atoms. The number of aromatic nitrogens is 4. The number of hydrogen-bond donors (Lipinski definition) is 2. The Hall–Kier alpha value is -2.10. The first-order valence-corrected chi connectivity index (χ1v) is 12.9. The third-order valence-electron chi connectivity index (χ3n) is 7.18. The smallest absolute Gasteiger partial charge is 0.228 e. The highest BCUT2D eigenvalue weighted by Crippen LogP contribution is 2.44. The molecular formula is C22H25ClN6O2S. The first-order chi connectivity index (χ1) is 15.5. The summed E-state index contributed by atoms with van der Waals surface area (Å²) in [5.74, 6) is 3.02. The van der Waals surface area contributed by atoms with E-state index in [1.807, 2.05) is 0 Å². The van der Waals surface area contributed by atoms with E-state index in [2.05, 4.69) is 26.3 Å². The van der Waals surface area contributed by atoms with Crippen molar-refractivity contribution in [3.05, 3.63) is 35.0 Å². The van der Waals surface area contributed by atoms with Crippen LogP contribution in [0.2, 0.25) is 5.02 Å². The van der Waals surface area contributed by atoms with E-state index in [1.54, 1.807) is 12.4 Å². The number of aliphatic hydroxyl groups is 1. The van der Waals surface area contributed by atoms with Gasteiger partial charge >= 0.3 is 0 Å². The molecule has 8 nitrogen and oxygen atoms in total. The molecule has 4 aliphatic rings. The molecule has 2 N–H and O–H groups in total. The van der Waals surface area contributed by atoms with Crippen molar-refractivity contribution in [1.82, 2.24) is 19.9 Å². The van der Waals surface area contributed by atoms with Gasteiger partial charge < -0.3 is 15.3 Å². The van der Waals surface area contributed by atoms with Crippen molar-refractivity contribution in [1.29, 1.82) is 0 Å². The van der Waals surface area contributed by atoms with Gasteiger partial charge in [-0.3, -0.25) is 4.21 Å². The summed E-state index contributed by atoms with van der Waals surface area (Å²) in [4.78, 5) is 21.5. The van der Waals surface area contributed by atoms with Crippen molar-refractivity contribution >= 4 is 39.7 Å². The highest BCUT2D eigenvalue weighted by atomic mass is 35.5. The van der Waals surface area contributed by atoms with Crippen LogP contribution in [-0.2, 0) is 17.2 Å². The predicted molar refractivity (Wildman–Crippen MR) is 123 cm³/mol. The van der Waals surface area contributed by atoms with Crippen LogP contribution < -0.4 is 10.2 Å². The van der Waals surface area contributed by atoms with E-state index in [-0.39, 0.29) is 18.2 Å². The van der Waals surface area contributed by atoms with Crippen molar-refractivity contribution < 1.29 is 9.32 Å². The van der Waals surface area contributed by atoms with E-state index in [1.165, 1.54) is 0 Å². The van der Waals surface area contributed by atoms with E-state index in [0.29, 0.717) is 28.5 Å². The Bertz CT molecular complexity index is 1110. The molecule has 2 aliphatic carbocycles. The number of halogens is 1. The Kier molecular flexibility index (Phi) is 4.96. The molecule has 0 amide bonds. The molecule has 2 unspecified atom stereocenters. The summed E-state index contributed by atoms with van der Waals surface area (Å²) in [5, 5.41) is 14.0. The molecule has 2 bridgehead atoms. The van der Waals surface area contributed by atoms with Gasteiger partial charge in [0.15, 0.2) is 5.82 Å². The first kappa shape index (κ1) is 20.5. The van der Waals surface area contributed by atoms with Crippen LogP contribution >= 0.6 is 11.6 Å². The summed E-state index contributed by atoms with van der Waals surface area (Å²) in [6, 6.07) is 0.185. The minimum Gasteiger partial charge on any atom is -0.394 e. The first-order valence-electron chi connectivity index (χ1n) is 11.2. The minimum absolute atomic E-state index is 0.0509. The average Bonchev–Trinajstić information content (AvgIpc) is 3.38. The lowest BCUT2D eigenvalue weighted by Gasteiger charge is -2.42. The normalized spacial score (nSPS) is 27.6. The van der Waals surface area contributed by atoms with E-state index < -0.39 is 10.8 Å². The van der Waals surface area contributed by atoms with Crippen LogP contribution in [-0.4, -0.2) is 59.7 Å². The van der Waals surface area contributed by atoms with Crippen molar-refractivity contribution in [2.24, 2.45) is 5.92 Å². The number of nitrogens with zero attached hydrogens (tertiary/aromatic N) is 5. The van der Waals surface area contributed by atoms with Crippen LogP contribution in [0.15, 0.2) is 23.4 Å². The van der Waals surface area contributed by atoms with Gasteiger partial charge in [0.1, 0.15) is 10.7 Å². The second kappa shape index (κ2) is 7.74. The molecule has 2 aliphatic heterocycles. The standard InChI is InChI=1S/C22H25ClN6O2S/c23-14-9-24-19(25-10-14)16-8-15-7-13(16)11-29(15)21-26-17-3-1-6-32(31)18(17)20(27-21)28-22(12-30)4-2-5-22/h8-10,13,15,30H,1-7,11-12H2,(H,26,27,28)/t13?,15?,32-/m0/s1. The maximum absolute atomic E-state index is 12.9. The fourth-order valence-corrected chi connectivity index (χ4v) is 6.73. The van der Waals surface area contributed by atoms with Crippen molar-refractivity contribution in [3.8, 4) is 0 Å². The van der Waals surface area contributed by atoms with Crippen molar-refractivity contribution in [3.63, 3.8) is 0 Å². The number of aliphatic hydroxyl groups excluding tert-OH is 1. The molecule has 32 heavy (non-hydrogen) atoms. The van der Waals surface area contributed by atoms with Crippen LogP contribution in [0.4, 0.5) is 11.8 Å². The Balaban J connectivity index is 1.34. The second-order valence-corrected chi connectivity index (χ2v) is 11.2. The molecule has 2 aromatic rings. The summed E-state index contributed by atoms with van der Waals surface area (Å²) in [7, 11) is -1.11. The van der Waals surface area contributed by atoms with Gasteiger partial charge in [-0.1, -0.05) is 17.7 Å². The number of fused-ring (bicyclic) bond motifs is 3. The molecule has 10 heteroatoms. The summed E-state index contributed by atoms with van der Waals surface area (Å²) in [5.41, 5.74) is 1.68. The third-order valence-corrected chi connectivity index (χ3v) is 8.92. The van der Waals surface area contributed by atoms with Gasteiger partial charge in [-0.25, -0.2) is 15.0 Å². The van der Waals surface area contributed by atoms with Gasteiger partial charge in [0.05, 0.1) is 39.7 Å². The average molecular weight is 473 g/mol. The van der Waals surface area contributed by atoms with E-state index in [0.717, 1.165) is 67.1 Å². The van der Waals surface area contributed by atoms with Crippen LogP contribution in [0.5, 0.6) is 0 Å². The molecule has 1 saturated carbocycles. The number of aryl methyl sites for hydroxylation is 1. The van der Waals surface area contributed by atoms with Gasteiger partial charge in [0.2, 0.25) is 5.95 Å². The summed E-state index contributed by atoms with van der Waals surface area (Å²) in [6.45, 7) is 0.851. The molecule has 0 radical (unpaired) electrons. The molecule has 1 saturated heterocycles. The minimum atomic E-state index is -1.11. The van der Waals surface area contributed by atoms with Crippen LogP contribution in [0.3, 0.4) is 0 Å². The van der Waals surface area contributed by atoms with E-state index in [9.17, 15) is 9.32 Å².